The summed E-state index contributed by atoms with van der Waals surface area (Å²) in [5, 5.41) is 0. The third-order valence-corrected chi connectivity index (χ3v) is 3.67. The highest BCUT2D eigenvalue weighted by atomic mass is 16.5. The molecule has 0 fully saturated rings. The van der Waals surface area contributed by atoms with Crippen molar-refractivity contribution in [2.75, 3.05) is 13.6 Å². The van der Waals surface area contributed by atoms with E-state index in [2.05, 4.69) is 13.5 Å². The Bertz CT molecular complexity index is 440. The van der Waals surface area contributed by atoms with Crippen molar-refractivity contribution in [2.45, 2.75) is 59.0 Å². The molecule has 2 atom stereocenters. The number of ether oxygens (including phenoxy) is 1. The van der Waals surface area contributed by atoms with Gasteiger partial charge in [-0.3, -0.25) is 9.59 Å². The van der Waals surface area contributed by atoms with E-state index in [0.29, 0.717) is 13.0 Å². The molecule has 1 rings (SSSR count). The minimum Gasteiger partial charge on any atom is -0.458 e. The number of carbonyl (C=O) groups excluding carboxylic acids is 2. The molecule has 0 aromatic rings. The Hall–Kier alpha value is -1.84. The molecule has 136 valence electrons. The van der Waals surface area contributed by atoms with Crippen LogP contribution in [0.1, 0.15) is 52.9 Å². The first-order valence-electron chi connectivity index (χ1n) is 8.73. The molecule has 1 aliphatic rings. The van der Waals surface area contributed by atoms with Crippen LogP contribution in [0.2, 0.25) is 0 Å². The van der Waals surface area contributed by atoms with E-state index in [-0.39, 0.29) is 23.9 Å². The van der Waals surface area contributed by atoms with Gasteiger partial charge in [0.2, 0.25) is 5.91 Å². The summed E-state index contributed by atoms with van der Waals surface area (Å²) >= 11 is 0. The maximum atomic E-state index is 11.8. The molecule has 0 saturated carbocycles. The van der Waals surface area contributed by atoms with Crippen LogP contribution >= 0.6 is 0 Å². The summed E-state index contributed by atoms with van der Waals surface area (Å²) in [6, 6.07) is 0. The summed E-state index contributed by atoms with van der Waals surface area (Å²) in [6.45, 7) is 9.64. The van der Waals surface area contributed by atoms with Crippen LogP contribution in [0, 0.1) is 5.92 Å². The van der Waals surface area contributed by atoms with Crippen molar-refractivity contribution in [1.29, 1.82) is 0 Å². The zero-order valence-electron chi connectivity index (χ0n) is 15.7. The number of esters is 1. The molecule has 1 aliphatic heterocycles. The lowest BCUT2D eigenvalue weighted by atomic mass is 10.0. The van der Waals surface area contributed by atoms with Crippen LogP contribution < -0.4 is 0 Å². The average molecular weight is 335 g/mol. The van der Waals surface area contributed by atoms with E-state index in [4.69, 9.17) is 4.74 Å². The largest absolute Gasteiger partial charge is 0.458 e. The molecule has 0 radical (unpaired) electrons. The molecule has 2 unspecified atom stereocenters. The first kappa shape index (κ1) is 22.2. The Kier molecular flexibility index (Phi) is 12.5. The molecule has 0 N–H and O–H groups in total. The number of rotatable bonds is 2. The van der Waals surface area contributed by atoms with Crippen molar-refractivity contribution in [3.05, 3.63) is 37.0 Å². The molecule has 0 saturated heterocycles. The van der Waals surface area contributed by atoms with Crippen LogP contribution in [0.4, 0.5) is 0 Å². The maximum absolute atomic E-state index is 11.8. The Balaban J connectivity index is 0.000000922. The zero-order valence-corrected chi connectivity index (χ0v) is 15.7. The third kappa shape index (κ3) is 11.7. The summed E-state index contributed by atoms with van der Waals surface area (Å²) in [4.78, 5) is 24.7. The van der Waals surface area contributed by atoms with Crippen molar-refractivity contribution < 1.29 is 14.3 Å². The van der Waals surface area contributed by atoms with Gasteiger partial charge in [0.1, 0.15) is 6.10 Å². The summed E-state index contributed by atoms with van der Waals surface area (Å²) in [5.41, 5.74) is 0. The minimum absolute atomic E-state index is 0.125. The lowest BCUT2D eigenvalue weighted by Crippen LogP contribution is -2.30. The molecule has 0 aliphatic carbocycles. The van der Waals surface area contributed by atoms with Gasteiger partial charge in [0, 0.05) is 26.9 Å². The van der Waals surface area contributed by atoms with Crippen LogP contribution in [-0.4, -0.2) is 36.5 Å². The summed E-state index contributed by atoms with van der Waals surface area (Å²) < 4.78 is 5.29. The van der Waals surface area contributed by atoms with Gasteiger partial charge < -0.3 is 9.64 Å². The van der Waals surface area contributed by atoms with Gasteiger partial charge in [0.05, 0.1) is 0 Å². The molecule has 24 heavy (non-hydrogen) atoms. The van der Waals surface area contributed by atoms with Gasteiger partial charge in [-0.1, -0.05) is 44.2 Å². The summed E-state index contributed by atoms with van der Waals surface area (Å²) in [7, 11) is 1.85. The molecule has 1 amide bonds. The van der Waals surface area contributed by atoms with Crippen molar-refractivity contribution in [1.82, 2.24) is 4.90 Å². The first-order valence-corrected chi connectivity index (χ1v) is 8.73. The van der Waals surface area contributed by atoms with E-state index in [1.165, 1.54) is 6.92 Å². The Morgan fingerprint density at radius 2 is 2.04 bits per heavy atom. The highest BCUT2D eigenvalue weighted by Crippen LogP contribution is 2.14. The lowest BCUT2D eigenvalue weighted by molar-refractivity contribution is -0.144. The molecule has 4 heteroatoms. The second kappa shape index (κ2) is 13.6. The zero-order chi connectivity index (χ0) is 18.4. The summed E-state index contributed by atoms with van der Waals surface area (Å²) in [6.07, 6.45) is 13.8. The minimum atomic E-state index is -0.235. The van der Waals surface area contributed by atoms with Gasteiger partial charge in [-0.25, -0.2) is 0 Å². The molecule has 0 aromatic heterocycles. The average Bonchev–Trinajstić information content (AvgIpc) is 2.51. The molecule has 0 spiro atoms. The SMILES string of the molecule is C=C/C=C\C.CC(=O)OC1/C=C/C(C)CN(C)C(=O)CCCCC1. The van der Waals surface area contributed by atoms with Gasteiger partial charge in [-0.05, 0) is 38.2 Å². The van der Waals surface area contributed by atoms with Crippen molar-refractivity contribution >= 4 is 11.9 Å². The predicted octanol–water partition coefficient (Wildman–Crippen LogP) is 4.28. The maximum Gasteiger partial charge on any atom is 0.303 e. The normalized spacial score (nSPS) is 24.2. The number of hydrogen-bond acceptors (Lipinski definition) is 3. The lowest BCUT2D eigenvalue weighted by Gasteiger charge is -2.21. The van der Waals surface area contributed by atoms with Crippen molar-refractivity contribution in [2.24, 2.45) is 5.92 Å². The topological polar surface area (TPSA) is 46.6 Å². The second-order valence-corrected chi connectivity index (χ2v) is 6.15. The van der Waals surface area contributed by atoms with E-state index in [9.17, 15) is 9.59 Å². The van der Waals surface area contributed by atoms with Crippen LogP contribution in [0.5, 0.6) is 0 Å². The van der Waals surface area contributed by atoms with E-state index in [1.807, 2.05) is 38.3 Å². The standard InChI is InChI=1S/C15H25NO3.C5H8/c1-12-9-10-14(19-13(2)17)7-5-4-6-8-15(18)16(3)11-12;1-3-5-4-2/h9-10,12,14H,4-8,11H2,1-3H3;3-5H,1H2,2H3/b10-9+;5-4-. The molecule has 0 aromatic carbocycles. The fourth-order valence-corrected chi connectivity index (χ4v) is 2.44. The Morgan fingerprint density at radius 3 is 2.58 bits per heavy atom. The van der Waals surface area contributed by atoms with Crippen LogP contribution in [0.15, 0.2) is 37.0 Å². The first-order chi connectivity index (χ1) is 11.4. The fourth-order valence-electron chi connectivity index (χ4n) is 2.44. The van der Waals surface area contributed by atoms with Crippen molar-refractivity contribution in [3.63, 3.8) is 0 Å². The van der Waals surface area contributed by atoms with E-state index in [1.54, 1.807) is 11.0 Å². The van der Waals surface area contributed by atoms with Gasteiger partial charge in [0.15, 0.2) is 0 Å². The molecule has 1 heterocycles. The smallest absolute Gasteiger partial charge is 0.303 e. The van der Waals surface area contributed by atoms with E-state index < -0.39 is 0 Å². The second-order valence-electron chi connectivity index (χ2n) is 6.15. The number of allylic oxidation sites excluding steroid dienone is 3. The van der Waals surface area contributed by atoms with Crippen molar-refractivity contribution in [3.8, 4) is 0 Å². The molecular formula is C20H33NO3. The Labute approximate surface area is 147 Å². The number of nitrogens with zero attached hydrogens (tertiary/aromatic N) is 1. The van der Waals surface area contributed by atoms with Gasteiger partial charge in [-0.2, -0.15) is 0 Å². The highest BCUT2D eigenvalue weighted by molar-refractivity contribution is 5.75. The predicted molar refractivity (Wildman–Crippen MR) is 99.6 cm³/mol. The van der Waals surface area contributed by atoms with Gasteiger partial charge in [-0.15, -0.1) is 0 Å². The number of hydrogen-bond donors (Lipinski definition) is 0. The number of carbonyl (C=O) groups is 2. The van der Waals surface area contributed by atoms with Gasteiger partial charge in [0.25, 0.3) is 0 Å². The Morgan fingerprint density at radius 1 is 1.33 bits per heavy atom. The molecule has 4 nitrogen and oxygen atoms in total. The molecular weight excluding hydrogens is 302 g/mol. The summed E-state index contributed by atoms with van der Waals surface area (Å²) in [5.74, 6) is 0.255. The third-order valence-electron chi connectivity index (χ3n) is 3.67. The van der Waals surface area contributed by atoms with Crippen LogP contribution in [0.25, 0.3) is 0 Å². The quantitative estimate of drug-likeness (QED) is 0.430. The van der Waals surface area contributed by atoms with E-state index >= 15 is 0 Å². The number of amides is 1. The fraction of sp³-hybridized carbons (Fsp3) is 0.600. The van der Waals surface area contributed by atoms with Gasteiger partial charge >= 0.3 is 5.97 Å². The van der Waals surface area contributed by atoms with E-state index in [0.717, 1.165) is 25.7 Å². The highest BCUT2D eigenvalue weighted by Gasteiger charge is 2.14. The van der Waals surface area contributed by atoms with Crippen LogP contribution in [0.3, 0.4) is 0 Å². The van der Waals surface area contributed by atoms with Crippen LogP contribution in [-0.2, 0) is 14.3 Å². The molecule has 0 bridgehead atoms. The monoisotopic (exact) mass is 335 g/mol.